The summed E-state index contributed by atoms with van der Waals surface area (Å²) >= 11 is 0. The van der Waals surface area contributed by atoms with E-state index in [4.69, 9.17) is 14.5 Å². The SMILES string of the molecule is CCCC1(c2nc3cc4c(cc3[nH]2)OCCO4)CCCN1. The average molecular weight is 287 g/mol. The van der Waals surface area contributed by atoms with Crippen molar-refractivity contribution in [1.82, 2.24) is 15.3 Å². The Morgan fingerprint density at radius 1 is 1.24 bits per heavy atom. The summed E-state index contributed by atoms with van der Waals surface area (Å²) in [6, 6.07) is 3.99. The minimum atomic E-state index is 0.00991. The molecular formula is C16H21N3O2. The Morgan fingerprint density at radius 3 is 2.76 bits per heavy atom. The molecule has 0 amide bonds. The summed E-state index contributed by atoms with van der Waals surface area (Å²) in [5.41, 5.74) is 1.99. The number of rotatable bonds is 3. The second-order valence-corrected chi connectivity index (χ2v) is 5.96. The van der Waals surface area contributed by atoms with E-state index in [1.165, 1.54) is 6.42 Å². The smallest absolute Gasteiger partial charge is 0.163 e. The molecular weight excluding hydrogens is 266 g/mol. The van der Waals surface area contributed by atoms with E-state index >= 15 is 0 Å². The summed E-state index contributed by atoms with van der Waals surface area (Å²) in [5, 5.41) is 3.66. The standard InChI is InChI=1S/C16H21N3O2/c1-2-4-16(5-3-6-17-16)15-18-11-9-13-14(10-12(11)19-15)21-8-7-20-13/h9-10,17H,2-8H2,1H3,(H,18,19). The number of nitrogens with zero attached hydrogens (tertiary/aromatic N) is 1. The Balaban J connectivity index is 1.79. The molecule has 2 aromatic rings. The molecule has 1 fully saturated rings. The minimum absolute atomic E-state index is 0.00991. The largest absolute Gasteiger partial charge is 0.486 e. The molecule has 2 aliphatic rings. The Kier molecular flexibility index (Phi) is 3.03. The molecule has 5 nitrogen and oxygen atoms in total. The molecule has 0 bridgehead atoms. The zero-order valence-corrected chi connectivity index (χ0v) is 12.4. The lowest BCUT2D eigenvalue weighted by Gasteiger charge is -2.26. The first-order valence-corrected chi connectivity index (χ1v) is 7.86. The van der Waals surface area contributed by atoms with Gasteiger partial charge < -0.3 is 19.8 Å². The molecule has 2 aliphatic heterocycles. The molecule has 1 atom stereocenters. The highest BCUT2D eigenvalue weighted by atomic mass is 16.6. The Labute approximate surface area is 124 Å². The number of benzene rings is 1. The third kappa shape index (κ3) is 2.07. The second-order valence-electron chi connectivity index (χ2n) is 5.96. The van der Waals surface area contributed by atoms with Crippen LogP contribution in [0.15, 0.2) is 12.1 Å². The maximum absolute atomic E-state index is 5.65. The van der Waals surface area contributed by atoms with Gasteiger partial charge in [0, 0.05) is 12.1 Å². The van der Waals surface area contributed by atoms with Crippen LogP contribution in [0.5, 0.6) is 11.5 Å². The van der Waals surface area contributed by atoms with Crippen molar-refractivity contribution in [3.8, 4) is 11.5 Å². The summed E-state index contributed by atoms with van der Waals surface area (Å²) in [6.07, 6.45) is 4.61. The molecule has 1 aromatic carbocycles. The summed E-state index contributed by atoms with van der Waals surface area (Å²) in [7, 11) is 0. The molecule has 0 radical (unpaired) electrons. The van der Waals surface area contributed by atoms with Crippen LogP contribution in [0.25, 0.3) is 11.0 Å². The molecule has 0 saturated carbocycles. The van der Waals surface area contributed by atoms with E-state index in [0.29, 0.717) is 13.2 Å². The van der Waals surface area contributed by atoms with Gasteiger partial charge in [0.1, 0.15) is 19.0 Å². The highest BCUT2D eigenvalue weighted by Crippen LogP contribution is 2.38. The van der Waals surface area contributed by atoms with Gasteiger partial charge >= 0.3 is 0 Å². The van der Waals surface area contributed by atoms with E-state index in [2.05, 4.69) is 17.2 Å². The van der Waals surface area contributed by atoms with Crippen LogP contribution in [0.4, 0.5) is 0 Å². The number of nitrogens with one attached hydrogen (secondary N) is 2. The lowest BCUT2D eigenvalue weighted by molar-refractivity contribution is 0.172. The van der Waals surface area contributed by atoms with Crippen LogP contribution in [-0.4, -0.2) is 29.7 Å². The molecule has 1 unspecified atom stereocenters. The molecule has 1 aromatic heterocycles. The van der Waals surface area contributed by atoms with Gasteiger partial charge in [-0.2, -0.15) is 0 Å². The van der Waals surface area contributed by atoms with Gasteiger partial charge in [0.25, 0.3) is 0 Å². The third-order valence-electron chi connectivity index (χ3n) is 4.52. The number of hydrogen-bond acceptors (Lipinski definition) is 4. The fraction of sp³-hybridized carbons (Fsp3) is 0.562. The van der Waals surface area contributed by atoms with Crippen LogP contribution >= 0.6 is 0 Å². The topological polar surface area (TPSA) is 59.2 Å². The van der Waals surface area contributed by atoms with Crippen molar-refractivity contribution in [3.63, 3.8) is 0 Å². The van der Waals surface area contributed by atoms with Gasteiger partial charge in [0.05, 0.1) is 16.6 Å². The number of aromatic amines is 1. The first kappa shape index (κ1) is 13.0. The van der Waals surface area contributed by atoms with Crippen LogP contribution in [0.2, 0.25) is 0 Å². The monoisotopic (exact) mass is 287 g/mol. The molecule has 0 aliphatic carbocycles. The Hall–Kier alpha value is -1.75. The quantitative estimate of drug-likeness (QED) is 0.911. The summed E-state index contributed by atoms with van der Waals surface area (Å²) in [6.45, 7) is 4.52. The number of H-pyrrole nitrogens is 1. The van der Waals surface area contributed by atoms with Crippen LogP contribution in [0.3, 0.4) is 0 Å². The maximum Gasteiger partial charge on any atom is 0.163 e. The number of hydrogen-bond donors (Lipinski definition) is 2. The predicted molar refractivity (Wildman–Crippen MR) is 80.9 cm³/mol. The zero-order valence-electron chi connectivity index (χ0n) is 12.4. The van der Waals surface area contributed by atoms with Crippen molar-refractivity contribution in [2.75, 3.05) is 19.8 Å². The molecule has 3 heterocycles. The predicted octanol–water partition coefficient (Wildman–Crippen LogP) is 2.71. The highest BCUT2D eigenvalue weighted by Gasteiger charge is 2.37. The van der Waals surface area contributed by atoms with E-state index < -0.39 is 0 Å². The normalized spacial score (nSPS) is 24.6. The average Bonchev–Trinajstić information content (AvgIpc) is 3.12. The summed E-state index contributed by atoms with van der Waals surface area (Å²) in [5.74, 6) is 2.67. The van der Waals surface area contributed by atoms with Gasteiger partial charge in [0.15, 0.2) is 11.5 Å². The van der Waals surface area contributed by atoms with E-state index in [9.17, 15) is 0 Å². The highest BCUT2D eigenvalue weighted by molar-refractivity contribution is 5.80. The Morgan fingerprint density at radius 2 is 2.05 bits per heavy atom. The van der Waals surface area contributed by atoms with Gasteiger partial charge in [0.2, 0.25) is 0 Å². The lowest BCUT2D eigenvalue weighted by atomic mass is 9.91. The first-order chi connectivity index (χ1) is 10.3. The van der Waals surface area contributed by atoms with Crippen molar-refractivity contribution in [1.29, 1.82) is 0 Å². The van der Waals surface area contributed by atoms with Gasteiger partial charge in [-0.15, -0.1) is 0 Å². The van der Waals surface area contributed by atoms with Crippen molar-refractivity contribution in [3.05, 3.63) is 18.0 Å². The zero-order chi connectivity index (χ0) is 14.3. The van der Waals surface area contributed by atoms with Crippen LogP contribution < -0.4 is 14.8 Å². The lowest BCUT2D eigenvalue weighted by Crippen LogP contribution is -2.37. The van der Waals surface area contributed by atoms with E-state index in [1.54, 1.807) is 0 Å². The Bertz CT molecular complexity index is 616. The van der Waals surface area contributed by atoms with Crippen LogP contribution in [-0.2, 0) is 5.54 Å². The molecule has 5 heteroatoms. The van der Waals surface area contributed by atoms with Crippen LogP contribution in [0, 0.1) is 0 Å². The molecule has 0 spiro atoms. The fourth-order valence-electron chi connectivity index (χ4n) is 3.54. The molecule has 21 heavy (non-hydrogen) atoms. The summed E-state index contributed by atoms with van der Waals surface area (Å²) < 4.78 is 11.3. The number of ether oxygens (including phenoxy) is 2. The van der Waals surface area contributed by atoms with Crippen molar-refractivity contribution < 1.29 is 9.47 Å². The number of aromatic nitrogens is 2. The van der Waals surface area contributed by atoms with E-state index in [0.717, 1.165) is 54.2 Å². The molecule has 2 N–H and O–H groups in total. The second kappa shape index (κ2) is 4.91. The summed E-state index contributed by atoms with van der Waals surface area (Å²) in [4.78, 5) is 8.34. The third-order valence-corrected chi connectivity index (χ3v) is 4.52. The number of imidazole rings is 1. The van der Waals surface area contributed by atoms with Gasteiger partial charge in [-0.1, -0.05) is 13.3 Å². The van der Waals surface area contributed by atoms with Crippen molar-refractivity contribution in [2.24, 2.45) is 0 Å². The van der Waals surface area contributed by atoms with Crippen molar-refractivity contribution in [2.45, 2.75) is 38.1 Å². The molecule has 4 rings (SSSR count). The van der Waals surface area contributed by atoms with E-state index in [1.807, 2.05) is 12.1 Å². The molecule has 112 valence electrons. The maximum atomic E-state index is 5.65. The van der Waals surface area contributed by atoms with Gasteiger partial charge in [-0.25, -0.2) is 4.98 Å². The van der Waals surface area contributed by atoms with Crippen LogP contribution in [0.1, 0.15) is 38.4 Å². The number of fused-ring (bicyclic) bond motifs is 2. The van der Waals surface area contributed by atoms with Gasteiger partial charge in [-0.05, 0) is 25.8 Å². The van der Waals surface area contributed by atoms with Crippen molar-refractivity contribution >= 4 is 11.0 Å². The molecule has 1 saturated heterocycles. The fourth-order valence-corrected chi connectivity index (χ4v) is 3.54. The minimum Gasteiger partial charge on any atom is -0.486 e. The van der Waals surface area contributed by atoms with E-state index in [-0.39, 0.29) is 5.54 Å². The first-order valence-electron chi connectivity index (χ1n) is 7.86. The van der Waals surface area contributed by atoms with Gasteiger partial charge in [-0.3, -0.25) is 0 Å².